The molecule has 0 aliphatic rings. The van der Waals surface area contributed by atoms with Crippen LogP contribution in [0.3, 0.4) is 0 Å². The second-order valence-electron chi connectivity index (χ2n) is 4.05. The van der Waals surface area contributed by atoms with E-state index in [-0.39, 0.29) is 5.57 Å². The molecule has 0 radical (unpaired) electrons. The average molecular weight is 268 g/mol. The molecule has 1 N–H and O–H groups in total. The van der Waals surface area contributed by atoms with E-state index in [0.717, 1.165) is 5.69 Å². The molecule has 4 nitrogen and oxygen atoms in total. The van der Waals surface area contributed by atoms with E-state index in [4.69, 9.17) is 10.4 Å². The van der Waals surface area contributed by atoms with Crippen molar-refractivity contribution in [2.24, 2.45) is 0 Å². The van der Waals surface area contributed by atoms with Crippen LogP contribution in [-0.4, -0.2) is 24.2 Å². The molecule has 0 unspecified atom stereocenters. The smallest absolute Gasteiger partial charge is 0.346 e. The number of benzene rings is 1. The zero-order valence-electron chi connectivity index (χ0n) is 11.1. The summed E-state index contributed by atoms with van der Waals surface area (Å²) in [6.45, 7) is 8.81. The van der Waals surface area contributed by atoms with Gasteiger partial charge in [0.05, 0.1) is 0 Å². The molecule has 0 bridgehead atoms. The first-order valence-electron chi connectivity index (χ1n) is 6.04. The molecular formula is C16H16N2O2. The number of hydrogen-bond acceptors (Lipinski definition) is 3. The lowest BCUT2D eigenvalue weighted by molar-refractivity contribution is -0.132. The summed E-state index contributed by atoms with van der Waals surface area (Å²) in [6.07, 6.45) is 4.95. The molecule has 0 heterocycles. The predicted octanol–water partition coefficient (Wildman–Crippen LogP) is 2.86. The van der Waals surface area contributed by atoms with Gasteiger partial charge < -0.3 is 10.0 Å². The Kier molecular flexibility index (Phi) is 5.79. The molecule has 1 rings (SSSR count). The summed E-state index contributed by atoms with van der Waals surface area (Å²) >= 11 is 0. The number of rotatable bonds is 7. The zero-order chi connectivity index (χ0) is 15.0. The summed E-state index contributed by atoms with van der Waals surface area (Å²) in [5, 5.41) is 17.5. The molecule has 0 saturated carbocycles. The van der Waals surface area contributed by atoms with Gasteiger partial charge in [-0.15, -0.1) is 13.2 Å². The third-order valence-electron chi connectivity index (χ3n) is 2.62. The Labute approximate surface area is 118 Å². The number of hydrogen-bond donors (Lipinski definition) is 1. The van der Waals surface area contributed by atoms with Crippen LogP contribution in [0.15, 0.2) is 55.1 Å². The van der Waals surface area contributed by atoms with Gasteiger partial charge in [0.1, 0.15) is 11.6 Å². The van der Waals surface area contributed by atoms with Crippen LogP contribution in [0.2, 0.25) is 0 Å². The first kappa shape index (κ1) is 15.3. The fraction of sp³-hybridized carbons (Fsp3) is 0.125. The Morgan fingerprint density at radius 2 is 1.80 bits per heavy atom. The lowest BCUT2D eigenvalue weighted by atomic mass is 10.1. The molecular weight excluding hydrogens is 252 g/mol. The number of aliphatic carboxylic acids is 1. The lowest BCUT2D eigenvalue weighted by Crippen LogP contribution is -2.22. The van der Waals surface area contributed by atoms with Crippen molar-refractivity contribution in [3.63, 3.8) is 0 Å². The minimum Gasteiger partial charge on any atom is -0.477 e. The van der Waals surface area contributed by atoms with Crippen molar-refractivity contribution in [2.45, 2.75) is 0 Å². The molecule has 0 amide bonds. The number of nitriles is 1. The van der Waals surface area contributed by atoms with Crippen LogP contribution in [0, 0.1) is 11.3 Å². The minimum atomic E-state index is -1.23. The SMILES string of the molecule is C=CCN(CC=C)c1ccc(/C=C(\C#N)C(=O)O)cc1. The van der Waals surface area contributed by atoms with E-state index in [9.17, 15) is 4.79 Å². The van der Waals surface area contributed by atoms with Gasteiger partial charge >= 0.3 is 5.97 Å². The summed E-state index contributed by atoms with van der Waals surface area (Å²) < 4.78 is 0. The quantitative estimate of drug-likeness (QED) is 0.469. The first-order valence-corrected chi connectivity index (χ1v) is 6.04. The van der Waals surface area contributed by atoms with Crippen LogP contribution in [-0.2, 0) is 4.79 Å². The number of carboxylic acids is 1. The van der Waals surface area contributed by atoms with Crippen LogP contribution in [0.5, 0.6) is 0 Å². The molecule has 0 saturated heterocycles. The van der Waals surface area contributed by atoms with Gasteiger partial charge in [-0.3, -0.25) is 0 Å². The first-order chi connectivity index (χ1) is 9.62. The zero-order valence-corrected chi connectivity index (χ0v) is 11.1. The maximum atomic E-state index is 10.8. The highest BCUT2D eigenvalue weighted by atomic mass is 16.4. The van der Waals surface area contributed by atoms with Gasteiger partial charge in [-0.05, 0) is 23.8 Å². The molecule has 1 aromatic carbocycles. The van der Waals surface area contributed by atoms with Gasteiger partial charge in [-0.2, -0.15) is 5.26 Å². The highest BCUT2D eigenvalue weighted by Gasteiger charge is 2.06. The van der Waals surface area contributed by atoms with Crippen molar-refractivity contribution in [3.8, 4) is 6.07 Å². The third-order valence-corrected chi connectivity index (χ3v) is 2.62. The minimum absolute atomic E-state index is 0.285. The van der Waals surface area contributed by atoms with E-state index in [1.165, 1.54) is 6.08 Å². The Morgan fingerprint density at radius 1 is 1.25 bits per heavy atom. The maximum absolute atomic E-state index is 10.8. The summed E-state index contributed by atoms with van der Waals surface area (Å²) in [5.74, 6) is -1.23. The second kappa shape index (κ2) is 7.59. The average Bonchev–Trinajstić information content (AvgIpc) is 2.45. The Balaban J connectivity index is 2.98. The van der Waals surface area contributed by atoms with Gasteiger partial charge in [-0.1, -0.05) is 24.3 Å². The van der Waals surface area contributed by atoms with E-state index in [0.29, 0.717) is 18.7 Å². The van der Waals surface area contributed by atoms with E-state index in [1.54, 1.807) is 30.4 Å². The summed E-state index contributed by atoms with van der Waals surface area (Å²) in [6, 6.07) is 8.94. The fourth-order valence-electron chi connectivity index (χ4n) is 1.69. The highest BCUT2D eigenvalue weighted by Crippen LogP contribution is 2.17. The molecule has 0 aromatic heterocycles. The Bertz CT molecular complexity index is 555. The van der Waals surface area contributed by atoms with Crippen LogP contribution < -0.4 is 4.90 Å². The van der Waals surface area contributed by atoms with Crippen molar-refractivity contribution in [1.29, 1.82) is 5.26 Å². The fourth-order valence-corrected chi connectivity index (χ4v) is 1.69. The van der Waals surface area contributed by atoms with Crippen molar-refractivity contribution in [1.82, 2.24) is 0 Å². The van der Waals surface area contributed by atoms with E-state index < -0.39 is 5.97 Å². The monoisotopic (exact) mass is 268 g/mol. The molecule has 0 fully saturated rings. The number of carbonyl (C=O) groups is 1. The number of anilines is 1. The van der Waals surface area contributed by atoms with Crippen LogP contribution in [0.1, 0.15) is 5.56 Å². The van der Waals surface area contributed by atoms with E-state index >= 15 is 0 Å². The maximum Gasteiger partial charge on any atom is 0.346 e. The molecule has 1 aromatic rings. The summed E-state index contributed by atoms with van der Waals surface area (Å²) in [5.41, 5.74) is 1.37. The van der Waals surface area contributed by atoms with Crippen molar-refractivity contribution >= 4 is 17.7 Å². The van der Waals surface area contributed by atoms with E-state index in [1.807, 2.05) is 12.1 Å². The summed E-state index contributed by atoms with van der Waals surface area (Å²) in [4.78, 5) is 12.8. The van der Waals surface area contributed by atoms with Gasteiger partial charge in [0.15, 0.2) is 0 Å². The second-order valence-corrected chi connectivity index (χ2v) is 4.05. The Morgan fingerprint density at radius 3 is 2.20 bits per heavy atom. The van der Waals surface area contributed by atoms with Gasteiger partial charge in [-0.25, -0.2) is 4.79 Å². The molecule has 20 heavy (non-hydrogen) atoms. The molecule has 0 atom stereocenters. The number of carboxylic acid groups (broad SMARTS) is 1. The number of nitrogens with zero attached hydrogens (tertiary/aromatic N) is 2. The molecule has 0 spiro atoms. The predicted molar refractivity (Wildman–Crippen MR) is 80.3 cm³/mol. The third kappa shape index (κ3) is 4.14. The molecule has 4 heteroatoms. The molecule has 0 aliphatic carbocycles. The van der Waals surface area contributed by atoms with Crippen LogP contribution in [0.4, 0.5) is 5.69 Å². The van der Waals surface area contributed by atoms with Crippen molar-refractivity contribution in [2.75, 3.05) is 18.0 Å². The van der Waals surface area contributed by atoms with Gasteiger partial charge in [0.2, 0.25) is 0 Å². The van der Waals surface area contributed by atoms with Crippen molar-refractivity contribution < 1.29 is 9.90 Å². The Hall–Kier alpha value is -2.80. The largest absolute Gasteiger partial charge is 0.477 e. The van der Waals surface area contributed by atoms with Gasteiger partial charge in [0, 0.05) is 18.8 Å². The summed E-state index contributed by atoms with van der Waals surface area (Å²) in [7, 11) is 0. The van der Waals surface area contributed by atoms with Crippen LogP contribution in [0.25, 0.3) is 6.08 Å². The molecule has 0 aliphatic heterocycles. The normalized spacial score (nSPS) is 10.4. The standard InChI is InChI=1S/C16H16N2O2/c1-3-9-18(10-4-2)15-7-5-13(6-8-15)11-14(12-17)16(19)20/h3-8,11H,1-2,9-10H2,(H,19,20)/b14-11+. The van der Waals surface area contributed by atoms with Crippen LogP contribution >= 0.6 is 0 Å². The topological polar surface area (TPSA) is 64.3 Å². The lowest BCUT2D eigenvalue weighted by Gasteiger charge is -2.21. The molecule has 102 valence electrons. The highest BCUT2D eigenvalue weighted by molar-refractivity contribution is 5.96. The van der Waals surface area contributed by atoms with Gasteiger partial charge in [0.25, 0.3) is 0 Å². The van der Waals surface area contributed by atoms with Crippen molar-refractivity contribution in [3.05, 3.63) is 60.7 Å². The van der Waals surface area contributed by atoms with E-state index in [2.05, 4.69) is 18.1 Å².